The number of carbonyl (C=O) groups is 2. The van der Waals surface area contributed by atoms with Crippen molar-refractivity contribution in [2.75, 3.05) is 5.32 Å². The second-order valence-electron chi connectivity index (χ2n) is 7.79. The maximum atomic E-state index is 12.8. The predicted octanol–water partition coefficient (Wildman–Crippen LogP) is 4.40. The van der Waals surface area contributed by atoms with E-state index in [4.69, 9.17) is 0 Å². The third-order valence-electron chi connectivity index (χ3n) is 5.52. The van der Waals surface area contributed by atoms with Crippen molar-refractivity contribution < 1.29 is 28.0 Å². The number of nitrogens with zero attached hydrogens (tertiary/aromatic N) is 1. The molecule has 1 amide bonds. The van der Waals surface area contributed by atoms with E-state index in [-0.39, 0.29) is 46.7 Å². The molecule has 0 heterocycles. The molecule has 0 aliphatic rings. The van der Waals surface area contributed by atoms with E-state index >= 15 is 0 Å². The smallest absolute Gasteiger partial charge is 0.336 e. The van der Waals surface area contributed by atoms with Crippen LogP contribution in [0.5, 0.6) is 0 Å². The van der Waals surface area contributed by atoms with Crippen LogP contribution in [0.15, 0.2) is 71.6 Å². The molecule has 0 radical (unpaired) electrons. The van der Waals surface area contributed by atoms with Crippen molar-refractivity contribution in [1.29, 1.82) is 0 Å². The highest BCUT2D eigenvalue weighted by atomic mass is 32.2. The molecule has 3 aromatic carbocycles. The molecule has 0 fully saturated rings. The van der Waals surface area contributed by atoms with Crippen molar-refractivity contribution in [3.63, 3.8) is 0 Å². The molecule has 3 rings (SSSR count). The van der Waals surface area contributed by atoms with E-state index in [2.05, 4.69) is 5.32 Å². The Labute approximate surface area is 202 Å². The molecule has 0 saturated heterocycles. The van der Waals surface area contributed by atoms with Gasteiger partial charge in [0.1, 0.15) is 5.69 Å². The van der Waals surface area contributed by atoms with Crippen LogP contribution in [0.2, 0.25) is 0 Å². The quantitative estimate of drug-likeness (QED) is 0.313. The van der Waals surface area contributed by atoms with E-state index in [0.717, 1.165) is 12.1 Å². The van der Waals surface area contributed by atoms with E-state index in [1.54, 1.807) is 49.4 Å². The van der Waals surface area contributed by atoms with Gasteiger partial charge in [0, 0.05) is 12.5 Å². The Hall–Kier alpha value is -4.05. The summed E-state index contributed by atoms with van der Waals surface area (Å²) in [5.74, 6) is -2.03. The van der Waals surface area contributed by atoms with Gasteiger partial charge in [-0.3, -0.25) is 14.9 Å². The molecule has 0 atom stereocenters. The SMILES string of the molecule is CCc1c(C(=O)O)ccc([N+](=O)[O-])c1NC(=O)CCc1ccccc1CS(=O)(=O)c1ccccc1. The summed E-state index contributed by atoms with van der Waals surface area (Å²) in [4.78, 5) is 35.3. The van der Waals surface area contributed by atoms with Gasteiger partial charge in [0.2, 0.25) is 5.91 Å². The highest BCUT2D eigenvalue weighted by Gasteiger charge is 2.24. The fourth-order valence-corrected chi connectivity index (χ4v) is 5.23. The Balaban J connectivity index is 1.80. The summed E-state index contributed by atoms with van der Waals surface area (Å²) in [6.07, 6.45) is 0.277. The molecule has 0 saturated carbocycles. The van der Waals surface area contributed by atoms with E-state index in [1.165, 1.54) is 12.1 Å². The largest absolute Gasteiger partial charge is 0.478 e. The van der Waals surface area contributed by atoms with Crippen LogP contribution in [0, 0.1) is 10.1 Å². The van der Waals surface area contributed by atoms with Gasteiger partial charge in [0.15, 0.2) is 9.84 Å². The Kier molecular flexibility index (Phi) is 7.98. The Morgan fingerprint density at radius 1 is 0.971 bits per heavy atom. The van der Waals surface area contributed by atoms with Crippen LogP contribution in [-0.4, -0.2) is 30.3 Å². The highest BCUT2D eigenvalue weighted by molar-refractivity contribution is 7.90. The minimum absolute atomic E-state index is 0.0833. The average Bonchev–Trinajstić information content (AvgIpc) is 2.83. The summed E-state index contributed by atoms with van der Waals surface area (Å²) < 4.78 is 25.6. The van der Waals surface area contributed by atoms with Crippen molar-refractivity contribution >= 4 is 33.1 Å². The van der Waals surface area contributed by atoms with E-state index in [0.29, 0.717) is 11.1 Å². The molecule has 0 unspecified atom stereocenters. The minimum Gasteiger partial charge on any atom is -0.478 e. The Morgan fingerprint density at radius 3 is 2.20 bits per heavy atom. The number of hydrogen-bond acceptors (Lipinski definition) is 6. The van der Waals surface area contributed by atoms with Gasteiger partial charge in [-0.05, 0) is 47.7 Å². The molecule has 35 heavy (non-hydrogen) atoms. The van der Waals surface area contributed by atoms with Crippen molar-refractivity contribution in [2.24, 2.45) is 0 Å². The number of sulfone groups is 1. The summed E-state index contributed by atoms with van der Waals surface area (Å²) >= 11 is 0. The second-order valence-corrected chi connectivity index (χ2v) is 9.78. The van der Waals surface area contributed by atoms with Gasteiger partial charge in [-0.15, -0.1) is 0 Å². The van der Waals surface area contributed by atoms with Crippen LogP contribution in [0.25, 0.3) is 0 Å². The molecule has 0 aromatic heterocycles. The normalized spacial score (nSPS) is 11.1. The molecule has 3 aromatic rings. The third kappa shape index (κ3) is 6.10. The first-order chi connectivity index (χ1) is 16.6. The third-order valence-corrected chi connectivity index (χ3v) is 7.21. The van der Waals surface area contributed by atoms with Gasteiger partial charge in [-0.25, -0.2) is 13.2 Å². The first-order valence-corrected chi connectivity index (χ1v) is 12.5. The molecule has 0 bridgehead atoms. The number of nitro benzene ring substituents is 1. The lowest BCUT2D eigenvalue weighted by Crippen LogP contribution is -2.17. The summed E-state index contributed by atoms with van der Waals surface area (Å²) in [6.45, 7) is 1.64. The maximum Gasteiger partial charge on any atom is 0.336 e. The molecule has 0 aliphatic heterocycles. The van der Waals surface area contributed by atoms with Crippen LogP contribution in [0.4, 0.5) is 11.4 Å². The van der Waals surface area contributed by atoms with E-state index in [9.17, 15) is 33.2 Å². The number of amides is 1. The molecular weight excluding hydrogens is 472 g/mol. The van der Waals surface area contributed by atoms with E-state index in [1.807, 2.05) is 0 Å². The van der Waals surface area contributed by atoms with Crippen LogP contribution in [0.1, 0.15) is 40.4 Å². The number of aryl methyl sites for hydroxylation is 1. The van der Waals surface area contributed by atoms with Gasteiger partial charge in [-0.1, -0.05) is 49.4 Å². The summed E-state index contributed by atoms with van der Waals surface area (Å²) in [6, 6.07) is 17.1. The Morgan fingerprint density at radius 2 is 1.60 bits per heavy atom. The number of hydrogen-bond donors (Lipinski definition) is 2. The lowest BCUT2D eigenvalue weighted by atomic mass is 10.0. The number of nitrogens with one attached hydrogen (secondary N) is 1. The number of carboxylic acid groups (broad SMARTS) is 1. The monoisotopic (exact) mass is 496 g/mol. The molecule has 10 heteroatoms. The average molecular weight is 497 g/mol. The lowest BCUT2D eigenvalue weighted by molar-refractivity contribution is -0.384. The van der Waals surface area contributed by atoms with Gasteiger partial charge < -0.3 is 10.4 Å². The van der Waals surface area contributed by atoms with Crippen LogP contribution in [-0.2, 0) is 33.2 Å². The first kappa shape index (κ1) is 25.6. The summed E-state index contributed by atoms with van der Waals surface area (Å²) in [7, 11) is -3.59. The minimum atomic E-state index is -3.59. The van der Waals surface area contributed by atoms with Crippen LogP contribution in [0.3, 0.4) is 0 Å². The number of nitro groups is 1. The topological polar surface area (TPSA) is 144 Å². The van der Waals surface area contributed by atoms with Crippen molar-refractivity contribution in [3.05, 3.63) is 99.1 Å². The van der Waals surface area contributed by atoms with Gasteiger partial charge in [0.25, 0.3) is 5.69 Å². The van der Waals surface area contributed by atoms with Crippen molar-refractivity contribution in [2.45, 2.75) is 36.8 Å². The molecule has 9 nitrogen and oxygen atoms in total. The zero-order valence-corrected chi connectivity index (χ0v) is 19.7. The molecule has 2 N–H and O–H groups in total. The molecule has 182 valence electrons. The fraction of sp³-hybridized carbons (Fsp3) is 0.200. The highest BCUT2D eigenvalue weighted by Crippen LogP contribution is 2.32. The predicted molar refractivity (Wildman–Crippen MR) is 130 cm³/mol. The number of carbonyl (C=O) groups excluding carboxylic acids is 1. The maximum absolute atomic E-state index is 12.8. The lowest BCUT2D eigenvalue weighted by Gasteiger charge is -2.14. The Bertz CT molecular complexity index is 1370. The second kappa shape index (κ2) is 10.9. The van der Waals surface area contributed by atoms with Crippen molar-refractivity contribution in [1.82, 2.24) is 0 Å². The first-order valence-electron chi connectivity index (χ1n) is 10.8. The standard InChI is InChI=1S/C25H24N2O7S/c1-2-20-21(25(29)30)13-14-22(27(31)32)24(20)26-23(28)15-12-17-8-6-7-9-18(17)16-35(33,34)19-10-4-3-5-11-19/h3-11,13-14H,2,12,15-16H2,1H3,(H,26,28)(H,29,30). The number of anilines is 1. The number of benzene rings is 3. The number of rotatable bonds is 10. The van der Waals surface area contributed by atoms with Gasteiger partial charge in [0.05, 0.1) is 21.1 Å². The summed E-state index contributed by atoms with van der Waals surface area (Å²) in [5, 5.41) is 23.4. The number of carboxylic acids is 1. The van der Waals surface area contributed by atoms with Gasteiger partial charge >= 0.3 is 5.97 Å². The zero-order chi connectivity index (χ0) is 25.6. The van der Waals surface area contributed by atoms with Crippen LogP contribution < -0.4 is 5.32 Å². The van der Waals surface area contributed by atoms with Crippen LogP contribution >= 0.6 is 0 Å². The molecule has 0 aliphatic carbocycles. The van der Waals surface area contributed by atoms with Gasteiger partial charge in [-0.2, -0.15) is 0 Å². The van der Waals surface area contributed by atoms with Crippen molar-refractivity contribution in [3.8, 4) is 0 Å². The molecule has 0 spiro atoms. The molecular formula is C25H24N2O7S. The zero-order valence-electron chi connectivity index (χ0n) is 18.9. The summed E-state index contributed by atoms with van der Waals surface area (Å²) in [5.41, 5.74) is 0.722. The van der Waals surface area contributed by atoms with E-state index < -0.39 is 32.3 Å². The fourth-order valence-electron chi connectivity index (χ4n) is 3.80. The number of aromatic carboxylic acids is 1.